The first-order valence-electron chi connectivity index (χ1n) is 11.3. The summed E-state index contributed by atoms with van der Waals surface area (Å²) in [5.74, 6) is 1.04. The number of hydrazine groups is 1. The molecule has 10 heteroatoms. The molecule has 35 heavy (non-hydrogen) atoms. The number of anilines is 1. The zero-order valence-corrected chi connectivity index (χ0v) is 19.9. The number of carbonyl (C=O) groups is 2. The molecule has 2 aromatic carbocycles. The van der Waals surface area contributed by atoms with Gasteiger partial charge in [-0.05, 0) is 41.8 Å². The van der Waals surface area contributed by atoms with E-state index < -0.39 is 0 Å². The van der Waals surface area contributed by atoms with Crippen LogP contribution in [-0.2, 0) is 11.2 Å². The quantitative estimate of drug-likeness (QED) is 0.491. The van der Waals surface area contributed by atoms with Crippen LogP contribution >= 0.6 is 0 Å². The van der Waals surface area contributed by atoms with Gasteiger partial charge in [0.1, 0.15) is 6.61 Å². The van der Waals surface area contributed by atoms with Crippen molar-refractivity contribution in [3.63, 3.8) is 0 Å². The number of methoxy groups -OCH3 is 2. The average molecular weight is 481 g/mol. The smallest absolute Gasteiger partial charge is 0.424 e. The molecule has 1 saturated heterocycles. The molecule has 184 valence electrons. The number of benzene rings is 2. The molecular weight excluding hydrogens is 452 g/mol. The fraction of sp³-hybridized carbons (Fsp3) is 0.320. The molecule has 1 aromatic heterocycles. The molecular formula is C25H28N4O6. The number of likely N-dealkylation sites (N-methyl/N-ethyl adjacent to an activating group) is 1. The van der Waals surface area contributed by atoms with E-state index in [4.69, 9.17) is 18.7 Å². The fourth-order valence-corrected chi connectivity index (χ4v) is 4.04. The Hall–Kier alpha value is -4.05. The summed E-state index contributed by atoms with van der Waals surface area (Å²) in [5, 5.41) is 9.95. The van der Waals surface area contributed by atoms with E-state index in [1.165, 1.54) is 12.3 Å². The van der Waals surface area contributed by atoms with Crippen molar-refractivity contribution in [2.45, 2.75) is 19.4 Å². The minimum atomic E-state index is -0.375. The maximum absolute atomic E-state index is 12.6. The van der Waals surface area contributed by atoms with Crippen molar-refractivity contribution in [2.24, 2.45) is 0 Å². The Kier molecular flexibility index (Phi) is 7.51. The molecule has 0 spiro atoms. The standard InChI is InChI=1S/C25H28N4O6/c1-4-28-20(18-7-10-21(32-2)23(15-18)33-3)16-34-25(31)29(28)14-12-17-5-8-19(9-6-17)27-24(30)22-11-13-26-35-22/h5-11,13,15,20H,4,12,14,16H2,1-3H3,(H,27,30). The Morgan fingerprint density at radius 1 is 1.11 bits per heavy atom. The SMILES string of the molecule is CCN1C(c2ccc(OC)c(OC)c2)COC(=O)N1CCc1ccc(NC(=O)c2ccno2)cc1. The fourth-order valence-electron chi connectivity index (χ4n) is 4.04. The maximum Gasteiger partial charge on any atom is 0.424 e. The number of hydrogen-bond donors (Lipinski definition) is 1. The van der Waals surface area contributed by atoms with Gasteiger partial charge in [-0.25, -0.2) is 14.8 Å². The highest BCUT2D eigenvalue weighted by atomic mass is 16.6. The molecule has 10 nitrogen and oxygen atoms in total. The third-order valence-corrected chi connectivity index (χ3v) is 5.85. The molecule has 2 heterocycles. The summed E-state index contributed by atoms with van der Waals surface area (Å²) in [5.41, 5.74) is 2.62. The summed E-state index contributed by atoms with van der Waals surface area (Å²) in [6.07, 6.45) is 1.65. The van der Waals surface area contributed by atoms with E-state index in [9.17, 15) is 9.59 Å². The van der Waals surface area contributed by atoms with Crippen molar-refractivity contribution >= 4 is 17.7 Å². The lowest BCUT2D eigenvalue weighted by Crippen LogP contribution is -2.54. The van der Waals surface area contributed by atoms with Crippen LogP contribution in [0.4, 0.5) is 10.5 Å². The van der Waals surface area contributed by atoms with E-state index in [2.05, 4.69) is 10.5 Å². The van der Waals surface area contributed by atoms with Gasteiger partial charge in [-0.1, -0.05) is 30.3 Å². The van der Waals surface area contributed by atoms with Crippen LogP contribution < -0.4 is 14.8 Å². The Labute approximate surface area is 203 Å². The lowest BCUT2D eigenvalue weighted by Gasteiger charge is -2.43. The van der Waals surface area contributed by atoms with Crippen LogP contribution in [-0.4, -0.2) is 61.1 Å². The van der Waals surface area contributed by atoms with Gasteiger partial charge in [0.2, 0.25) is 5.76 Å². The number of cyclic esters (lactones) is 1. The summed E-state index contributed by atoms with van der Waals surface area (Å²) in [4.78, 5) is 24.7. The maximum atomic E-state index is 12.6. The first kappa shape index (κ1) is 24.1. The molecule has 1 N–H and O–H groups in total. The Morgan fingerprint density at radius 2 is 1.89 bits per heavy atom. The van der Waals surface area contributed by atoms with E-state index in [1.54, 1.807) is 19.2 Å². The van der Waals surface area contributed by atoms with Gasteiger partial charge >= 0.3 is 6.09 Å². The lowest BCUT2D eigenvalue weighted by molar-refractivity contribution is -0.104. The minimum absolute atomic E-state index is 0.140. The second-order valence-electron chi connectivity index (χ2n) is 7.86. The van der Waals surface area contributed by atoms with Crippen molar-refractivity contribution in [2.75, 3.05) is 39.2 Å². The molecule has 0 radical (unpaired) electrons. The number of nitrogens with zero attached hydrogens (tertiary/aromatic N) is 3. The Balaban J connectivity index is 1.42. The van der Waals surface area contributed by atoms with Crippen LogP contribution in [0.15, 0.2) is 59.3 Å². The minimum Gasteiger partial charge on any atom is -0.493 e. The van der Waals surface area contributed by atoms with Gasteiger partial charge in [-0.15, -0.1) is 0 Å². The number of carbonyl (C=O) groups excluding carboxylic acids is 2. The summed E-state index contributed by atoms with van der Waals surface area (Å²) in [7, 11) is 3.19. The van der Waals surface area contributed by atoms with Crippen molar-refractivity contribution in [1.29, 1.82) is 0 Å². The third-order valence-electron chi connectivity index (χ3n) is 5.85. The van der Waals surface area contributed by atoms with Crippen LogP contribution in [0.1, 0.15) is 34.6 Å². The molecule has 2 amide bonds. The van der Waals surface area contributed by atoms with Crippen LogP contribution in [0.25, 0.3) is 0 Å². The molecule has 4 rings (SSSR count). The predicted molar refractivity (Wildman–Crippen MR) is 127 cm³/mol. The van der Waals surface area contributed by atoms with Crippen molar-refractivity contribution < 1.29 is 28.3 Å². The van der Waals surface area contributed by atoms with Crippen LogP contribution in [0.2, 0.25) is 0 Å². The monoisotopic (exact) mass is 480 g/mol. The zero-order chi connectivity index (χ0) is 24.8. The van der Waals surface area contributed by atoms with Gasteiger partial charge in [0, 0.05) is 24.8 Å². The Bertz CT molecular complexity index is 1150. The van der Waals surface area contributed by atoms with E-state index in [0.717, 1.165) is 11.1 Å². The van der Waals surface area contributed by atoms with Gasteiger partial charge in [-0.3, -0.25) is 4.79 Å². The second-order valence-corrected chi connectivity index (χ2v) is 7.86. The van der Waals surface area contributed by atoms with E-state index >= 15 is 0 Å². The van der Waals surface area contributed by atoms with Crippen LogP contribution in [0, 0.1) is 0 Å². The van der Waals surface area contributed by atoms with Gasteiger partial charge in [0.05, 0.1) is 26.5 Å². The molecule has 1 aliphatic rings. The van der Waals surface area contributed by atoms with Crippen LogP contribution in [0.3, 0.4) is 0 Å². The molecule has 0 aliphatic carbocycles. The van der Waals surface area contributed by atoms with Gasteiger partial charge < -0.3 is 24.1 Å². The largest absolute Gasteiger partial charge is 0.493 e. The molecule has 0 bridgehead atoms. The van der Waals surface area contributed by atoms with E-state index in [1.807, 2.05) is 54.4 Å². The van der Waals surface area contributed by atoms with Crippen molar-refractivity contribution in [3.05, 3.63) is 71.6 Å². The number of nitrogens with one attached hydrogen (secondary N) is 1. The Morgan fingerprint density at radius 3 is 2.54 bits per heavy atom. The number of aromatic nitrogens is 1. The normalized spacial score (nSPS) is 16.0. The van der Waals surface area contributed by atoms with Gasteiger partial charge in [0.15, 0.2) is 11.5 Å². The highest BCUT2D eigenvalue weighted by molar-refractivity contribution is 6.02. The summed E-state index contributed by atoms with van der Waals surface area (Å²) >= 11 is 0. The first-order valence-corrected chi connectivity index (χ1v) is 11.3. The van der Waals surface area contributed by atoms with Crippen molar-refractivity contribution in [1.82, 2.24) is 15.2 Å². The van der Waals surface area contributed by atoms with Crippen LogP contribution in [0.5, 0.6) is 11.5 Å². The van der Waals surface area contributed by atoms with E-state index in [0.29, 0.717) is 36.7 Å². The molecule has 1 atom stereocenters. The number of amides is 2. The first-order chi connectivity index (χ1) is 17.0. The molecule has 1 fully saturated rings. The van der Waals surface area contributed by atoms with Crippen molar-refractivity contribution in [3.8, 4) is 11.5 Å². The molecule has 0 saturated carbocycles. The highest BCUT2D eigenvalue weighted by Gasteiger charge is 2.35. The number of hydrogen-bond acceptors (Lipinski definition) is 8. The lowest BCUT2D eigenvalue weighted by atomic mass is 10.1. The van der Waals surface area contributed by atoms with Gasteiger partial charge in [0.25, 0.3) is 5.91 Å². The van der Waals surface area contributed by atoms with Gasteiger partial charge in [-0.2, -0.15) is 0 Å². The highest BCUT2D eigenvalue weighted by Crippen LogP contribution is 2.34. The summed E-state index contributed by atoms with van der Waals surface area (Å²) in [6, 6.07) is 14.5. The topological polar surface area (TPSA) is 106 Å². The third kappa shape index (κ3) is 5.38. The summed E-state index contributed by atoms with van der Waals surface area (Å²) < 4.78 is 21.2. The zero-order valence-electron chi connectivity index (χ0n) is 19.9. The second kappa shape index (κ2) is 10.9. The average Bonchev–Trinajstić information content (AvgIpc) is 3.43. The summed E-state index contributed by atoms with van der Waals surface area (Å²) in [6.45, 7) is 3.32. The van der Waals surface area contributed by atoms with E-state index in [-0.39, 0.29) is 30.4 Å². The molecule has 1 unspecified atom stereocenters. The number of ether oxygens (including phenoxy) is 3. The predicted octanol–water partition coefficient (Wildman–Crippen LogP) is 3.92. The molecule has 1 aliphatic heterocycles. The molecule has 3 aromatic rings. The number of rotatable bonds is 9.